The molecule has 2 aromatic carbocycles. The van der Waals surface area contributed by atoms with Crippen LogP contribution in [0.2, 0.25) is 0 Å². The minimum Gasteiger partial charge on any atom is -0.497 e. The van der Waals surface area contributed by atoms with Crippen LogP contribution in [0.4, 0.5) is 10.5 Å². The molecule has 2 atom stereocenters. The van der Waals surface area contributed by atoms with Crippen LogP contribution in [-0.4, -0.2) is 53.9 Å². The molecule has 0 aromatic heterocycles. The summed E-state index contributed by atoms with van der Waals surface area (Å²) in [5.74, 6) is -0.241. The van der Waals surface area contributed by atoms with Crippen molar-refractivity contribution in [3.63, 3.8) is 0 Å². The fraction of sp³-hybridized carbons (Fsp3) is 0.393. The zero-order valence-corrected chi connectivity index (χ0v) is 23.2. The highest BCUT2D eigenvalue weighted by Crippen LogP contribution is 2.30. The quantitative estimate of drug-likeness (QED) is 0.304. The molecule has 0 saturated carbocycles. The first-order chi connectivity index (χ1) is 17.4. The van der Waals surface area contributed by atoms with Crippen LogP contribution in [0.25, 0.3) is 0 Å². The minimum absolute atomic E-state index is 0.00525. The van der Waals surface area contributed by atoms with Gasteiger partial charge in [0.05, 0.1) is 7.11 Å². The molecule has 0 heterocycles. The molecule has 2 aromatic rings. The lowest BCUT2D eigenvalue weighted by molar-refractivity contribution is -0.139. The molecule has 0 aliphatic rings. The number of benzene rings is 2. The molecular formula is C28H37N3O5S. The first-order valence-electron chi connectivity index (χ1n) is 11.9. The van der Waals surface area contributed by atoms with Gasteiger partial charge in [-0.2, -0.15) is 12.6 Å². The lowest BCUT2D eigenvalue weighted by atomic mass is 9.93. The fourth-order valence-corrected chi connectivity index (χ4v) is 4.12. The topological polar surface area (TPSA) is 97.0 Å². The number of carbonyl (C=O) groups excluding carboxylic acids is 3. The summed E-state index contributed by atoms with van der Waals surface area (Å²) in [5, 5.41) is 5.51. The maximum absolute atomic E-state index is 13.8. The number of ether oxygens (including phenoxy) is 2. The van der Waals surface area contributed by atoms with Crippen molar-refractivity contribution in [1.29, 1.82) is 0 Å². The van der Waals surface area contributed by atoms with E-state index in [1.54, 1.807) is 58.2 Å². The summed E-state index contributed by atoms with van der Waals surface area (Å²) >= 11 is 4.29. The number of anilines is 1. The number of nitrogens with zero attached hydrogens (tertiary/aromatic N) is 1. The third-order valence-corrected chi connectivity index (χ3v) is 5.88. The van der Waals surface area contributed by atoms with Gasteiger partial charge < -0.3 is 25.0 Å². The van der Waals surface area contributed by atoms with Crippen LogP contribution in [0.15, 0.2) is 55.1 Å². The van der Waals surface area contributed by atoms with Crippen LogP contribution in [0, 0.1) is 13.8 Å². The van der Waals surface area contributed by atoms with E-state index in [1.165, 1.54) is 4.90 Å². The number of hydrogen-bond acceptors (Lipinski definition) is 6. The van der Waals surface area contributed by atoms with Crippen molar-refractivity contribution in [2.75, 3.05) is 24.7 Å². The van der Waals surface area contributed by atoms with E-state index in [-0.39, 0.29) is 12.3 Å². The van der Waals surface area contributed by atoms with Crippen LogP contribution < -0.4 is 15.4 Å². The minimum atomic E-state index is -1.03. The summed E-state index contributed by atoms with van der Waals surface area (Å²) in [6.45, 7) is 12.8. The smallest absolute Gasteiger partial charge is 0.408 e. The molecule has 200 valence electrons. The predicted octanol–water partition coefficient (Wildman–Crippen LogP) is 4.83. The molecule has 0 fully saturated rings. The van der Waals surface area contributed by atoms with Gasteiger partial charge in [0.25, 0.3) is 5.91 Å². The van der Waals surface area contributed by atoms with Crippen molar-refractivity contribution in [3.05, 3.63) is 71.8 Å². The summed E-state index contributed by atoms with van der Waals surface area (Å²) in [5.41, 5.74) is 2.19. The van der Waals surface area contributed by atoms with Crippen LogP contribution in [0.1, 0.15) is 43.5 Å². The lowest BCUT2D eigenvalue weighted by Gasteiger charge is -2.34. The number of amides is 3. The molecule has 2 rings (SSSR count). The van der Waals surface area contributed by atoms with Gasteiger partial charge in [-0.25, -0.2) is 4.79 Å². The van der Waals surface area contributed by atoms with Gasteiger partial charge in [-0.15, -0.1) is 6.58 Å². The summed E-state index contributed by atoms with van der Waals surface area (Å²) in [6, 6.07) is 10.6. The maximum atomic E-state index is 13.8. The van der Waals surface area contributed by atoms with E-state index in [4.69, 9.17) is 9.47 Å². The van der Waals surface area contributed by atoms with Crippen LogP contribution in [0.5, 0.6) is 5.75 Å². The number of methoxy groups -OCH3 is 1. The normalized spacial score (nSPS) is 12.6. The van der Waals surface area contributed by atoms with Crippen molar-refractivity contribution < 1.29 is 23.9 Å². The molecule has 0 spiro atoms. The van der Waals surface area contributed by atoms with E-state index in [0.29, 0.717) is 17.0 Å². The molecule has 9 heteroatoms. The number of alkyl carbamates (subject to hydrolysis) is 1. The number of aryl methyl sites for hydroxylation is 2. The van der Waals surface area contributed by atoms with Crippen LogP contribution >= 0.6 is 12.6 Å². The number of rotatable bonds is 10. The van der Waals surface area contributed by atoms with E-state index in [9.17, 15) is 14.4 Å². The Morgan fingerprint density at radius 2 is 1.68 bits per heavy atom. The predicted molar refractivity (Wildman–Crippen MR) is 149 cm³/mol. The van der Waals surface area contributed by atoms with E-state index < -0.39 is 35.6 Å². The van der Waals surface area contributed by atoms with Crippen LogP contribution in [-0.2, 0) is 14.3 Å². The third kappa shape index (κ3) is 8.28. The first kappa shape index (κ1) is 29.8. The van der Waals surface area contributed by atoms with Crippen molar-refractivity contribution >= 4 is 36.2 Å². The van der Waals surface area contributed by atoms with Gasteiger partial charge in [0.15, 0.2) is 0 Å². The molecule has 0 radical (unpaired) electrons. The first-order valence-corrected chi connectivity index (χ1v) is 12.6. The Labute approximate surface area is 224 Å². The fourth-order valence-electron chi connectivity index (χ4n) is 3.87. The van der Waals surface area contributed by atoms with Gasteiger partial charge in [0, 0.05) is 18.0 Å². The highest BCUT2D eigenvalue weighted by molar-refractivity contribution is 7.80. The van der Waals surface area contributed by atoms with Crippen molar-refractivity contribution in [1.82, 2.24) is 10.2 Å². The van der Waals surface area contributed by atoms with Gasteiger partial charge in [-0.05, 0) is 75.6 Å². The SMILES string of the molecule is C=CCN(C(=O)C(CS)NC(=O)OC(C)(C)C)C(C(=O)Nc1ccc(OC)cc1)c1c(C)cccc1C. The molecule has 3 amide bonds. The molecule has 2 N–H and O–H groups in total. The van der Waals surface area contributed by atoms with Gasteiger partial charge in [0.2, 0.25) is 5.91 Å². The average molecular weight is 528 g/mol. The summed E-state index contributed by atoms with van der Waals surface area (Å²) in [7, 11) is 1.56. The van der Waals surface area contributed by atoms with Crippen molar-refractivity contribution in [3.8, 4) is 5.75 Å². The number of carbonyl (C=O) groups is 3. The Morgan fingerprint density at radius 3 is 2.16 bits per heavy atom. The Hall–Kier alpha value is -3.46. The summed E-state index contributed by atoms with van der Waals surface area (Å²) in [4.78, 5) is 41.5. The molecular weight excluding hydrogens is 490 g/mol. The molecule has 8 nitrogen and oxygen atoms in total. The van der Waals surface area contributed by atoms with Gasteiger partial charge in [-0.3, -0.25) is 9.59 Å². The monoisotopic (exact) mass is 527 g/mol. The molecule has 0 aliphatic carbocycles. The second-order valence-electron chi connectivity index (χ2n) is 9.59. The Kier molecular flexibility index (Phi) is 10.6. The van der Waals surface area contributed by atoms with Crippen molar-refractivity contribution in [2.45, 2.75) is 52.3 Å². The molecule has 0 aliphatic heterocycles. The standard InChI is InChI=1S/C28H37N3O5S/c1-8-16-31(26(33)22(17-37)30-27(34)36-28(4,5)6)24(23-18(2)10-9-11-19(23)3)25(32)29-20-12-14-21(35-7)15-13-20/h8-15,22,24,37H,1,16-17H2,2-7H3,(H,29,32)(H,30,34). The highest BCUT2D eigenvalue weighted by atomic mass is 32.1. The maximum Gasteiger partial charge on any atom is 0.408 e. The second-order valence-corrected chi connectivity index (χ2v) is 9.95. The average Bonchev–Trinajstić information content (AvgIpc) is 2.82. The number of hydrogen-bond donors (Lipinski definition) is 3. The molecule has 37 heavy (non-hydrogen) atoms. The summed E-state index contributed by atoms with van der Waals surface area (Å²) in [6.07, 6.45) is 0.798. The number of thiol groups is 1. The van der Waals surface area contributed by atoms with Gasteiger partial charge in [-0.1, -0.05) is 24.3 Å². The molecule has 2 unspecified atom stereocenters. The van der Waals surface area contributed by atoms with Gasteiger partial charge >= 0.3 is 6.09 Å². The number of nitrogens with one attached hydrogen (secondary N) is 2. The second kappa shape index (κ2) is 13.2. The zero-order chi connectivity index (χ0) is 27.8. The van der Waals surface area contributed by atoms with Crippen molar-refractivity contribution in [2.24, 2.45) is 0 Å². The lowest BCUT2D eigenvalue weighted by Crippen LogP contribution is -2.53. The van der Waals surface area contributed by atoms with E-state index in [2.05, 4.69) is 29.8 Å². The van der Waals surface area contributed by atoms with E-state index >= 15 is 0 Å². The third-order valence-electron chi connectivity index (χ3n) is 5.51. The summed E-state index contributed by atoms with van der Waals surface area (Å²) < 4.78 is 10.5. The zero-order valence-electron chi connectivity index (χ0n) is 22.3. The van der Waals surface area contributed by atoms with Crippen LogP contribution in [0.3, 0.4) is 0 Å². The Bertz CT molecular complexity index is 1090. The Balaban J connectivity index is 2.50. The Morgan fingerprint density at radius 1 is 1.08 bits per heavy atom. The van der Waals surface area contributed by atoms with E-state index in [0.717, 1.165) is 11.1 Å². The highest BCUT2D eigenvalue weighted by Gasteiger charge is 2.36. The van der Waals surface area contributed by atoms with E-state index in [1.807, 2.05) is 32.0 Å². The van der Waals surface area contributed by atoms with Gasteiger partial charge in [0.1, 0.15) is 23.4 Å². The molecule has 0 bridgehead atoms. The molecule has 0 saturated heterocycles. The largest absolute Gasteiger partial charge is 0.497 e.